The Morgan fingerprint density at radius 1 is 1.45 bits per heavy atom. The molecular formula is C15H27N5O2. The van der Waals surface area contributed by atoms with Gasteiger partial charge in [0.2, 0.25) is 0 Å². The summed E-state index contributed by atoms with van der Waals surface area (Å²) in [5.41, 5.74) is 0. The number of hydrogen-bond acceptors (Lipinski definition) is 4. The summed E-state index contributed by atoms with van der Waals surface area (Å²) in [5.74, 6) is 1.61. The molecule has 2 N–H and O–H groups in total. The minimum atomic E-state index is -0.0688. The number of nitrogens with zero attached hydrogens (tertiary/aromatic N) is 4. The lowest BCUT2D eigenvalue weighted by molar-refractivity contribution is 0.181. The van der Waals surface area contributed by atoms with Gasteiger partial charge in [0.1, 0.15) is 11.6 Å². The number of unbranched alkanes of at least 4 members (excludes halogenated alkanes) is 1. The van der Waals surface area contributed by atoms with Crippen molar-refractivity contribution in [2.75, 3.05) is 19.7 Å². The van der Waals surface area contributed by atoms with E-state index in [0.717, 1.165) is 50.4 Å². The van der Waals surface area contributed by atoms with Gasteiger partial charge in [0.05, 0.1) is 6.04 Å². The molecule has 0 spiro atoms. The summed E-state index contributed by atoms with van der Waals surface area (Å²) < 4.78 is 1.90. The fraction of sp³-hybridized carbons (Fsp3) is 0.800. The third kappa shape index (κ3) is 4.19. The van der Waals surface area contributed by atoms with Crippen LogP contribution in [0, 0.1) is 6.92 Å². The van der Waals surface area contributed by atoms with Gasteiger partial charge >= 0.3 is 6.03 Å². The van der Waals surface area contributed by atoms with Crippen LogP contribution in [0.4, 0.5) is 4.79 Å². The third-order valence-corrected chi connectivity index (χ3v) is 3.93. The van der Waals surface area contributed by atoms with E-state index in [1.165, 1.54) is 0 Å². The summed E-state index contributed by atoms with van der Waals surface area (Å²) in [6, 6.07) is -0.137. The molecule has 0 bridgehead atoms. The molecule has 0 aliphatic carbocycles. The standard InChI is InChI=1S/C15H27N5O2/c1-3-4-8-19(9-6-11-21)15(22)17-13-7-5-10-20-14(13)16-12(2)18-20/h13,21H,3-11H2,1-2H3,(H,17,22). The van der Waals surface area contributed by atoms with Gasteiger partial charge in [0.15, 0.2) is 0 Å². The van der Waals surface area contributed by atoms with Gasteiger partial charge in [-0.1, -0.05) is 13.3 Å². The summed E-state index contributed by atoms with van der Waals surface area (Å²) in [4.78, 5) is 18.8. The molecule has 1 atom stereocenters. The zero-order valence-corrected chi connectivity index (χ0v) is 13.6. The van der Waals surface area contributed by atoms with Crippen molar-refractivity contribution in [2.24, 2.45) is 0 Å². The van der Waals surface area contributed by atoms with E-state index < -0.39 is 0 Å². The first-order valence-corrected chi connectivity index (χ1v) is 8.23. The largest absolute Gasteiger partial charge is 0.396 e. The normalized spacial score (nSPS) is 17.1. The van der Waals surface area contributed by atoms with Crippen LogP contribution in [0.15, 0.2) is 0 Å². The second kappa shape index (κ2) is 8.12. The number of rotatable bonds is 7. The molecule has 7 heteroatoms. The Labute approximate surface area is 131 Å². The van der Waals surface area contributed by atoms with E-state index in [-0.39, 0.29) is 18.7 Å². The summed E-state index contributed by atoms with van der Waals surface area (Å²) in [5, 5.41) is 16.4. The molecule has 7 nitrogen and oxygen atoms in total. The summed E-state index contributed by atoms with van der Waals surface area (Å²) >= 11 is 0. The van der Waals surface area contributed by atoms with Crippen molar-refractivity contribution in [3.05, 3.63) is 11.6 Å². The van der Waals surface area contributed by atoms with E-state index in [0.29, 0.717) is 13.0 Å². The lowest BCUT2D eigenvalue weighted by Gasteiger charge is -2.28. The molecule has 2 amide bonds. The SMILES string of the molecule is CCCCN(CCCO)C(=O)NC1CCCn2nc(C)nc21. The Morgan fingerprint density at radius 2 is 2.23 bits per heavy atom. The fourth-order valence-corrected chi connectivity index (χ4v) is 2.77. The van der Waals surface area contributed by atoms with Gasteiger partial charge in [-0.15, -0.1) is 0 Å². The van der Waals surface area contributed by atoms with E-state index in [1.807, 2.05) is 11.6 Å². The molecule has 22 heavy (non-hydrogen) atoms. The van der Waals surface area contributed by atoms with Gasteiger partial charge < -0.3 is 15.3 Å². The number of aliphatic hydroxyl groups excluding tert-OH is 1. The zero-order chi connectivity index (χ0) is 15.9. The predicted octanol–water partition coefficient (Wildman–Crippen LogP) is 1.62. The number of aliphatic hydroxyl groups is 1. The Kier molecular flexibility index (Phi) is 6.18. The van der Waals surface area contributed by atoms with Crippen LogP contribution in [0.25, 0.3) is 0 Å². The van der Waals surface area contributed by atoms with Crippen molar-refractivity contribution >= 4 is 6.03 Å². The van der Waals surface area contributed by atoms with Gasteiger partial charge in [0.25, 0.3) is 0 Å². The van der Waals surface area contributed by atoms with Crippen LogP contribution in [0.2, 0.25) is 0 Å². The number of aryl methyl sites for hydroxylation is 2. The third-order valence-electron chi connectivity index (χ3n) is 3.93. The minimum Gasteiger partial charge on any atom is -0.396 e. The van der Waals surface area contributed by atoms with Crippen molar-refractivity contribution < 1.29 is 9.90 Å². The van der Waals surface area contributed by atoms with E-state index in [4.69, 9.17) is 5.11 Å². The molecule has 0 fully saturated rings. The zero-order valence-electron chi connectivity index (χ0n) is 13.6. The first-order chi connectivity index (χ1) is 10.7. The molecule has 1 aromatic rings. The number of nitrogens with one attached hydrogen (secondary N) is 1. The topological polar surface area (TPSA) is 83.3 Å². The first-order valence-electron chi connectivity index (χ1n) is 8.23. The molecule has 2 rings (SSSR count). The highest BCUT2D eigenvalue weighted by Gasteiger charge is 2.26. The van der Waals surface area contributed by atoms with Crippen molar-refractivity contribution in [3.63, 3.8) is 0 Å². The lowest BCUT2D eigenvalue weighted by atomic mass is 10.1. The second-order valence-corrected chi connectivity index (χ2v) is 5.80. The first kappa shape index (κ1) is 16.7. The van der Waals surface area contributed by atoms with Crippen molar-refractivity contribution in [2.45, 2.75) is 58.5 Å². The second-order valence-electron chi connectivity index (χ2n) is 5.80. The Morgan fingerprint density at radius 3 is 2.95 bits per heavy atom. The number of amides is 2. The van der Waals surface area contributed by atoms with Gasteiger partial charge in [0, 0.05) is 26.2 Å². The smallest absolute Gasteiger partial charge is 0.317 e. The highest BCUT2D eigenvalue weighted by Crippen LogP contribution is 2.23. The maximum Gasteiger partial charge on any atom is 0.317 e. The Bertz CT molecular complexity index is 480. The van der Waals surface area contributed by atoms with Gasteiger partial charge in [-0.3, -0.25) is 0 Å². The van der Waals surface area contributed by atoms with E-state index in [2.05, 4.69) is 22.3 Å². The molecule has 0 radical (unpaired) electrons. The average Bonchev–Trinajstić information content (AvgIpc) is 2.88. The van der Waals surface area contributed by atoms with Crippen molar-refractivity contribution in [1.82, 2.24) is 25.0 Å². The monoisotopic (exact) mass is 309 g/mol. The van der Waals surface area contributed by atoms with Crippen LogP contribution in [0.1, 0.15) is 56.7 Å². The van der Waals surface area contributed by atoms with Crippen LogP contribution < -0.4 is 5.32 Å². The maximum absolute atomic E-state index is 12.5. The molecule has 1 unspecified atom stereocenters. The number of fused-ring (bicyclic) bond motifs is 1. The van der Waals surface area contributed by atoms with Crippen LogP contribution >= 0.6 is 0 Å². The molecule has 0 saturated carbocycles. The number of carbonyl (C=O) groups excluding carboxylic acids is 1. The average molecular weight is 309 g/mol. The lowest BCUT2D eigenvalue weighted by Crippen LogP contribution is -2.44. The summed E-state index contributed by atoms with van der Waals surface area (Å²) in [7, 11) is 0. The quantitative estimate of drug-likeness (QED) is 0.801. The summed E-state index contributed by atoms with van der Waals surface area (Å²) in [6.07, 6.45) is 4.51. The number of aromatic nitrogens is 3. The minimum absolute atomic E-state index is 0.0685. The molecule has 0 saturated heterocycles. The van der Waals surface area contributed by atoms with E-state index >= 15 is 0 Å². The van der Waals surface area contributed by atoms with E-state index in [1.54, 1.807) is 4.90 Å². The number of urea groups is 1. The van der Waals surface area contributed by atoms with Crippen molar-refractivity contribution in [1.29, 1.82) is 0 Å². The predicted molar refractivity (Wildman–Crippen MR) is 83.4 cm³/mol. The summed E-state index contributed by atoms with van der Waals surface area (Å²) in [6.45, 7) is 6.26. The van der Waals surface area contributed by atoms with Crippen LogP contribution in [-0.2, 0) is 6.54 Å². The Balaban J connectivity index is 1.99. The molecule has 1 aromatic heterocycles. The van der Waals surface area contributed by atoms with Crippen molar-refractivity contribution in [3.8, 4) is 0 Å². The molecule has 124 valence electrons. The Hall–Kier alpha value is -1.63. The number of carbonyl (C=O) groups is 1. The van der Waals surface area contributed by atoms with Gasteiger partial charge in [-0.25, -0.2) is 14.5 Å². The number of hydrogen-bond donors (Lipinski definition) is 2. The fourth-order valence-electron chi connectivity index (χ4n) is 2.77. The molecule has 0 aromatic carbocycles. The van der Waals surface area contributed by atoms with Crippen LogP contribution in [0.3, 0.4) is 0 Å². The van der Waals surface area contributed by atoms with Crippen LogP contribution in [-0.4, -0.2) is 50.5 Å². The van der Waals surface area contributed by atoms with Gasteiger partial charge in [-0.2, -0.15) is 5.10 Å². The highest BCUT2D eigenvalue weighted by atomic mass is 16.3. The van der Waals surface area contributed by atoms with Crippen LogP contribution in [0.5, 0.6) is 0 Å². The molecule has 1 aliphatic rings. The maximum atomic E-state index is 12.5. The molecular weight excluding hydrogens is 282 g/mol. The van der Waals surface area contributed by atoms with Gasteiger partial charge in [-0.05, 0) is 32.6 Å². The molecule has 2 heterocycles. The molecule has 1 aliphatic heterocycles. The highest BCUT2D eigenvalue weighted by molar-refractivity contribution is 5.74. The van der Waals surface area contributed by atoms with E-state index in [9.17, 15) is 4.79 Å².